The lowest BCUT2D eigenvalue weighted by Crippen LogP contribution is -2.31. The van der Waals surface area contributed by atoms with Gasteiger partial charge in [0.25, 0.3) is 0 Å². The minimum Gasteiger partial charge on any atom is -0.486 e. The molecule has 188 valence electrons. The van der Waals surface area contributed by atoms with Crippen LogP contribution in [-0.4, -0.2) is 46.1 Å². The number of fused-ring (bicyclic) bond motifs is 1. The minimum absolute atomic E-state index is 0.0398. The van der Waals surface area contributed by atoms with Crippen molar-refractivity contribution < 1.29 is 27.5 Å². The van der Waals surface area contributed by atoms with Gasteiger partial charge in [-0.3, -0.25) is 13.9 Å². The van der Waals surface area contributed by atoms with E-state index >= 15 is 0 Å². The zero-order valence-electron chi connectivity index (χ0n) is 19.6. The van der Waals surface area contributed by atoms with Gasteiger partial charge in [-0.25, -0.2) is 8.42 Å². The molecule has 1 N–H and O–H groups in total. The Morgan fingerprint density at radius 3 is 2.42 bits per heavy atom. The van der Waals surface area contributed by atoms with Gasteiger partial charge in [-0.15, -0.1) is 0 Å². The Labute approximate surface area is 214 Å². The normalized spacial score (nSPS) is 12.6. The average Bonchev–Trinajstić information content (AvgIpc) is 2.87. The predicted molar refractivity (Wildman–Crippen MR) is 139 cm³/mol. The van der Waals surface area contributed by atoms with Crippen LogP contribution in [0.4, 0.5) is 11.4 Å². The van der Waals surface area contributed by atoms with E-state index in [1.165, 1.54) is 10.4 Å². The Balaban J connectivity index is 1.43. The number of ketones is 1. The summed E-state index contributed by atoms with van der Waals surface area (Å²) >= 11 is 6.10. The Morgan fingerprint density at radius 2 is 1.69 bits per heavy atom. The van der Waals surface area contributed by atoms with Crippen molar-refractivity contribution in [3.63, 3.8) is 0 Å². The van der Waals surface area contributed by atoms with E-state index in [0.29, 0.717) is 46.7 Å². The van der Waals surface area contributed by atoms with Gasteiger partial charge in [0.2, 0.25) is 15.9 Å². The molecular weight excluding hydrogens is 504 g/mol. The summed E-state index contributed by atoms with van der Waals surface area (Å²) in [6.45, 7) is 0.904. The number of hydrogen-bond donors (Lipinski definition) is 1. The molecule has 0 unspecified atom stereocenters. The van der Waals surface area contributed by atoms with Crippen LogP contribution in [0, 0.1) is 0 Å². The van der Waals surface area contributed by atoms with E-state index in [0.717, 1.165) is 6.26 Å². The van der Waals surface area contributed by atoms with Crippen molar-refractivity contribution in [2.24, 2.45) is 0 Å². The monoisotopic (exact) mass is 528 g/mol. The third kappa shape index (κ3) is 6.16. The van der Waals surface area contributed by atoms with Crippen molar-refractivity contribution in [2.75, 3.05) is 35.6 Å². The first-order valence-corrected chi connectivity index (χ1v) is 13.5. The van der Waals surface area contributed by atoms with Crippen LogP contribution in [0.3, 0.4) is 0 Å². The zero-order valence-corrected chi connectivity index (χ0v) is 21.1. The number of rotatable bonds is 9. The van der Waals surface area contributed by atoms with Crippen molar-refractivity contribution >= 4 is 44.7 Å². The molecule has 0 saturated heterocycles. The average molecular weight is 529 g/mol. The van der Waals surface area contributed by atoms with E-state index in [9.17, 15) is 18.0 Å². The van der Waals surface area contributed by atoms with Gasteiger partial charge in [0, 0.05) is 35.2 Å². The molecule has 36 heavy (non-hydrogen) atoms. The highest BCUT2D eigenvalue weighted by Gasteiger charge is 2.21. The maximum Gasteiger partial charge on any atom is 0.232 e. The number of benzene rings is 3. The second-order valence-electron chi connectivity index (χ2n) is 8.20. The smallest absolute Gasteiger partial charge is 0.232 e. The SMILES string of the molecule is CS(=O)(=O)N(CCCC(=O)Nc1ccc(Cl)cc1C(=O)c1ccccc1)c1ccc2c(c1)OCCO2. The highest BCUT2D eigenvalue weighted by molar-refractivity contribution is 7.92. The number of nitrogens with zero attached hydrogens (tertiary/aromatic N) is 1. The lowest BCUT2D eigenvalue weighted by atomic mass is 10.0. The summed E-state index contributed by atoms with van der Waals surface area (Å²) in [5, 5.41) is 3.13. The predicted octanol–water partition coefficient (Wildman–Crippen LogP) is 4.53. The molecule has 0 fully saturated rings. The molecule has 1 aliphatic rings. The van der Waals surface area contributed by atoms with Gasteiger partial charge in [-0.05, 0) is 36.8 Å². The summed E-state index contributed by atoms with van der Waals surface area (Å²) < 4.78 is 37.2. The van der Waals surface area contributed by atoms with E-state index < -0.39 is 10.0 Å². The Bertz CT molecular complexity index is 1380. The quantitative estimate of drug-likeness (QED) is 0.409. The van der Waals surface area contributed by atoms with Crippen LogP contribution in [0.25, 0.3) is 0 Å². The summed E-state index contributed by atoms with van der Waals surface area (Å²) in [7, 11) is -3.61. The van der Waals surface area contributed by atoms with Gasteiger partial charge >= 0.3 is 0 Å². The molecule has 1 aliphatic heterocycles. The van der Waals surface area contributed by atoms with Crippen LogP contribution >= 0.6 is 11.6 Å². The topological polar surface area (TPSA) is 102 Å². The molecule has 3 aromatic rings. The maximum absolute atomic E-state index is 13.0. The molecule has 1 heterocycles. The van der Waals surface area contributed by atoms with Gasteiger partial charge < -0.3 is 14.8 Å². The first-order chi connectivity index (χ1) is 17.2. The fourth-order valence-corrected chi connectivity index (χ4v) is 4.96. The van der Waals surface area contributed by atoms with Crippen molar-refractivity contribution in [1.29, 1.82) is 0 Å². The van der Waals surface area contributed by atoms with Crippen molar-refractivity contribution in [3.8, 4) is 11.5 Å². The number of carbonyl (C=O) groups excluding carboxylic acids is 2. The van der Waals surface area contributed by atoms with Gasteiger partial charge in [-0.2, -0.15) is 0 Å². The van der Waals surface area contributed by atoms with E-state index in [4.69, 9.17) is 21.1 Å². The molecule has 0 aromatic heterocycles. The molecule has 0 spiro atoms. The summed E-state index contributed by atoms with van der Waals surface area (Å²) in [5.74, 6) is 0.412. The van der Waals surface area contributed by atoms with Crippen LogP contribution in [-0.2, 0) is 14.8 Å². The summed E-state index contributed by atoms with van der Waals surface area (Å²) in [6.07, 6.45) is 1.40. The number of amides is 1. The fraction of sp³-hybridized carbons (Fsp3) is 0.231. The number of anilines is 2. The molecule has 0 radical (unpaired) electrons. The molecule has 0 aliphatic carbocycles. The molecule has 0 saturated carbocycles. The molecule has 1 amide bonds. The largest absolute Gasteiger partial charge is 0.486 e. The molecule has 3 aromatic carbocycles. The lowest BCUT2D eigenvalue weighted by Gasteiger charge is -2.25. The number of halogens is 1. The van der Waals surface area contributed by atoms with E-state index in [2.05, 4.69) is 5.32 Å². The number of sulfonamides is 1. The number of hydrogen-bond acceptors (Lipinski definition) is 6. The van der Waals surface area contributed by atoms with Gasteiger partial charge in [0.1, 0.15) is 13.2 Å². The van der Waals surface area contributed by atoms with Crippen molar-refractivity contribution in [1.82, 2.24) is 0 Å². The third-order valence-corrected chi connectivity index (χ3v) is 6.94. The highest BCUT2D eigenvalue weighted by Crippen LogP contribution is 2.34. The summed E-state index contributed by atoms with van der Waals surface area (Å²) in [5.41, 5.74) is 1.51. The zero-order chi connectivity index (χ0) is 25.7. The Morgan fingerprint density at radius 1 is 0.972 bits per heavy atom. The van der Waals surface area contributed by atoms with E-state index in [-0.39, 0.29) is 36.6 Å². The molecule has 0 atom stereocenters. The van der Waals surface area contributed by atoms with Crippen LogP contribution in [0.2, 0.25) is 5.02 Å². The Hall–Kier alpha value is -3.56. The van der Waals surface area contributed by atoms with Gasteiger partial charge in [0.15, 0.2) is 17.3 Å². The first-order valence-electron chi connectivity index (χ1n) is 11.3. The molecule has 0 bridgehead atoms. The second-order valence-corrected chi connectivity index (χ2v) is 10.5. The standard InChI is InChI=1S/C26H25ClN2O6S/c1-36(32,33)29(20-10-12-23-24(17-20)35-15-14-34-23)13-5-8-25(30)28-22-11-9-19(27)16-21(22)26(31)18-6-3-2-4-7-18/h2-4,6-7,9-12,16-17H,5,8,13-15H2,1H3,(H,28,30). The summed E-state index contributed by atoms with van der Waals surface area (Å²) in [6, 6.07) is 18.3. The van der Waals surface area contributed by atoms with Gasteiger partial charge in [-0.1, -0.05) is 41.9 Å². The van der Waals surface area contributed by atoms with Crippen molar-refractivity contribution in [2.45, 2.75) is 12.8 Å². The van der Waals surface area contributed by atoms with Crippen LogP contribution < -0.4 is 19.1 Å². The number of carbonyl (C=O) groups is 2. The number of ether oxygens (including phenoxy) is 2. The van der Waals surface area contributed by atoms with Crippen LogP contribution in [0.5, 0.6) is 11.5 Å². The summed E-state index contributed by atoms with van der Waals surface area (Å²) in [4.78, 5) is 25.7. The fourth-order valence-electron chi connectivity index (χ4n) is 3.83. The van der Waals surface area contributed by atoms with E-state index in [1.807, 2.05) is 6.07 Å². The highest BCUT2D eigenvalue weighted by atomic mass is 35.5. The molecule has 8 nitrogen and oxygen atoms in total. The van der Waals surface area contributed by atoms with Gasteiger partial charge in [0.05, 0.1) is 17.6 Å². The molecule has 4 rings (SSSR count). The Kier molecular flexibility index (Phi) is 7.81. The molecular formula is C26H25ClN2O6S. The lowest BCUT2D eigenvalue weighted by molar-refractivity contribution is -0.116. The minimum atomic E-state index is -3.61. The van der Waals surface area contributed by atoms with E-state index in [1.54, 1.807) is 54.6 Å². The molecule has 10 heteroatoms. The van der Waals surface area contributed by atoms with Crippen LogP contribution in [0.1, 0.15) is 28.8 Å². The van der Waals surface area contributed by atoms with Crippen LogP contribution in [0.15, 0.2) is 66.7 Å². The third-order valence-electron chi connectivity index (χ3n) is 5.52. The van der Waals surface area contributed by atoms with Crippen molar-refractivity contribution in [3.05, 3.63) is 82.9 Å². The maximum atomic E-state index is 13.0. The second kappa shape index (κ2) is 11.0. The number of nitrogens with one attached hydrogen (secondary N) is 1. The first kappa shape index (κ1) is 25.5.